The molecular weight excluding hydrogens is 318 g/mol. The van der Waals surface area contributed by atoms with Crippen molar-refractivity contribution in [1.82, 2.24) is 0 Å². The number of hydrogen-bond acceptors (Lipinski definition) is 4. The first-order valence-corrected chi connectivity index (χ1v) is 7.32. The summed E-state index contributed by atoms with van der Waals surface area (Å²) >= 11 is 5.96. The number of carbonyl (C=O) groups excluding carboxylic acids is 1. The zero-order valence-electron chi connectivity index (χ0n) is 12.7. The number of nitrogens with zero attached hydrogens (tertiary/aromatic N) is 1. The number of anilines is 2. The third-order valence-corrected chi connectivity index (χ3v) is 3.53. The molecule has 1 amide bonds. The number of halogens is 1. The lowest BCUT2D eigenvalue weighted by molar-refractivity contribution is -0.384. The van der Waals surface area contributed by atoms with E-state index in [0.717, 1.165) is 11.3 Å². The minimum atomic E-state index is -0.542. The van der Waals surface area contributed by atoms with Gasteiger partial charge in [0.05, 0.1) is 15.6 Å². The molecule has 2 aromatic rings. The topological polar surface area (TPSA) is 84.3 Å². The van der Waals surface area contributed by atoms with Gasteiger partial charge in [-0.05, 0) is 37.6 Å². The Balaban J connectivity index is 2.05. The van der Waals surface area contributed by atoms with E-state index in [1.54, 1.807) is 6.92 Å². The molecule has 7 heteroatoms. The van der Waals surface area contributed by atoms with E-state index in [0.29, 0.717) is 5.69 Å². The molecular formula is C16H16ClN3O3. The van der Waals surface area contributed by atoms with Gasteiger partial charge < -0.3 is 10.6 Å². The third kappa shape index (κ3) is 4.43. The zero-order valence-corrected chi connectivity index (χ0v) is 13.4. The Morgan fingerprint density at radius 1 is 1.26 bits per heavy atom. The van der Waals surface area contributed by atoms with Crippen LogP contribution in [0, 0.1) is 17.0 Å². The summed E-state index contributed by atoms with van der Waals surface area (Å²) in [5.41, 5.74) is 2.13. The second kappa shape index (κ2) is 7.11. The van der Waals surface area contributed by atoms with Gasteiger partial charge in [-0.25, -0.2) is 0 Å². The number of nitro benzene ring substituents is 1. The minimum absolute atomic E-state index is 0.121. The van der Waals surface area contributed by atoms with Gasteiger partial charge >= 0.3 is 0 Å². The molecule has 0 aliphatic rings. The molecule has 23 heavy (non-hydrogen) atoms. The zero-order chi connectivity index (χ0) is 17.0. The first-order chi connectivity index (χ1) is 10.9. The molecule has 0 radical (unpaired) electrons. The Labute approximate surface area is 138 Å². The predicted molar refractivity (Wildman–Crippen MR) is 91.0 cm³/mol. The molecule has 1 atom stereocenters. The molecule has 2 rings (SSSR count). The molecule has 0 aliphatic carbocycles. The van der Waals surface area contributed by atoms with Gasteiger partial charge in [-0.15, -0.1) is 0 Å². The highest BCUT2D eigenvalue weighted by Crippen LogP contribution is 2.26. The number of nitro groups is 1. The van der Waals surface area contributed by atoms with Crippen LogP contribution in [0.4, 0.5) is 17.1 Å². The number of benzene rings is 2. The maximum Gasteiger partial charge on any atom is 0.271 e. The molecule has 0 fully saturated rings. The Morgan fingerprint density at radius 2 is 2.00 bits per heavy atom. The van der Waals surface area contributed by atoms with Crippen molar-refractivity contribution >= 4 is 34.6 Å². The summed E-state index contributed by atoms with van der Waals surface area (Å²) in [5, 5.41) is 16.5. The van der Waals surface area contributed by atoms with E-state index in [1.165, 1.54) is 18.2 Å². The summed E-state index contributed by atoms with van der Waals surface area (Å²) < 4.78 is 0. The smallest absolute Gasteiger partial charge is 0.271 e. The molecule has 2 N–H and O–H groups in total. The molecule has 0 saturated heterocycles. The number of hydrogen-bond donors (Lipinski definition) is 2. The van der Waals surface area contributed by atoms with Gasteiger partial charge in [0.25, 0.3) is 5.69 Å². The normalized spacial score (nSPS) is 11.6. The van der Waals surface area contributed by atoms with Crippen LogP contribution in [0.2, 0.25) is 5.02 Å². The lowest BCUT2D eigenvalue weighted by atomic mass is 10.2. The number of carbonyl (C=O) groups is 1. The molecule has 6 nitrogen and oxygen atoms in total. The van der Waals surface area contributed by atoms with Crippen molar-refractivity contribution in [2.75, 3.05) is 10.6 Å². The van der Waals surface area contributed by atoms with E-state index in [-0.39, 0.29) is 16.6 Å². The van der Waals surface area contributed by atoms with Crippen molar-refractivity contribution in [3.05, 3.63) is 63.2 Å². The SMILES string of the molecule is Cc1cccc(NC(C)C(=O)Nc2ccc([N+](=O)[O-])cc2Cl)c1. The van der Waals surface area contributed by atoms with Gasteiger partial charge in [-0.3, -0.25) is 14.9 Å². The van der Waals surface area contributed by atoms with Crippen LogP contribution in [0.3, 0.4) is 0 Å². The van der Waals surface area contributed by atoms with Gasteiger partial charge in [0.1, 0.15) is 6.04 Å². The van der Waals surface area contributed by atoms with Crippen LogP contribution in [0.5, 0.6) is 0 Å². The fraction of sp³-hybridized carbons (Fsp3) is 0.188. The number of nitrogens with one attached hydrogen (secondary N) is 2. The van der Waals surface area contributed by atoms with Gasteiger partial charge in [-0.2, -0.15) is 0 Å². The van der Waals surface area contributed by atoms with Crippen molar-refractivity contribution in [3.63, 3.8) is 0 Å². The maximum absolute atomic E-state index is 12.2. The third-order valence-electron chi connectivity index (χ3n) is 3.22. The average Bonchev–Trinajstić information content (AvgIpc) is 2.49. The van der Waals surface area contributed by atoms with Gasteiger partial charge in [0.2, 0.25) is 5.91 Å². The molecule has 2 aromatic carbocycles. The van der Waals surface area contributed by atoms with Crippen molar-refractivity contribution in [3.8, 4) is 0 Å². The number of rotatable bonds is 5. The standard InChI is InChI=1S/C16H16ClN3O3/c1-10-4-3-5-12(8-10)18-11(2)16(21)19-15-7-6-13(20(22)23)9-14(15)17/h3-9,11,18H,1-2H3,(H,19,21). The lowest BCUT2D eigenvalue weighted by Gasteiger charge is -2.16. The Hall–Kier alpha value is -2.60. The predicted octanol–water partition coefficient (Wildman–Crippen LogP) is 4.00. The highest BCUT2D eigenvalue weighted by Gasteiger charge is 2.16. The van der Waals surface area contributed by atoms with Crippen LogP contribution in [0.25, 0.3) is 0 Å². The lowest BCUT2D eigenvalue weighted by Crippen LogP contribution is -2.31. The molecule has 0 aromatic heterocycles. The summed E-state index contributed by atoms with van der Waals surface area (Å²) in [5.74, 6) is -0.290. The molecule has 0 aliphatic heterocycles. The summed E-state index contributed by atoms with van der Waals surface area (Å²) in [6, 6.07) is 11.1. The number of amides is 1. The average molecular weight is 334 g/mol. The van der Waals surface area contributed by atoms with Crippen LogP contribution in [0.15, 0.2) is 42.5 Å². The van der Waals surface area contributed by atoms with Crippen molar-refractivity contribution in [2.45, 2.75) is 19.9 Å². The Morgan fingerprint density at radius 3 is 2.61 bits per heavy atom. The second-order valence-corrected chi connectivity index (χ2v) is 5.55. The molecule has 0 heterocycles. The molecule has 0 bridgehead atoms. The van der Waals surface area contributed by atoms with E-state index >= 15 is 0 Å². The first-order valence-electron chi connectivity index (χ1n) is 6.95. The summed E-state index contributed by atoms with van der Waals surface area (Å²) in [4.78, 5) is 22.3. The highest BCUT2D eigenvalue weighted by molar-refractivity contribution is 6.34. The van der Waals surface area contributed by atoms with Crippen LogP contribution in [-0.4, -0.2) is 16.9 Å². The highest BCUT2D eigenvalue weighted by atomic mass is 35.5. The summed E-state index contributed by atoms with van der Waals surface area (Å²) in [6.45, 7) is 3.68. The fourth-order valence-corrected chi connectivity index (χ4v) is 2.23. The quantitative estimate of drug-likeness (QED) is 0.640. The number of aryl methyl sites for hydroxylation is 1. The van der Waals surface area contributed by atoms with Gasteiger partial charge in [-0.1, -0.05) is 23.7 Å². The summed E-state index contributed by atoms with van der Waals surface area (Å²) in [6.07, 6.45) is 0. The van der Waals surface area contributed by atoms with Crippen LogP contribution < -0.4 is 10.6 Å². The van der Waals surface area contributed by atoms with Crippen LogP contribution in [0.1, 0.15) is 12.5 Å². The first kappa shape index (κ1) is 16.8. The van der Waals surface area contributed by atoms with E-state index in [1.807, 2.05) is 31.2 Å². The monoisotopic (exact) mass is 333 g/mol. The van der Waals surface area contributed by atoms with Gasteiger partial charge in [0, 0.05) is 17.8 Å². The maximum atomic E-state index is 12.2. The van der Waals surface area contributed by atoms with Crippen molar-refractivity contribution in [1.29, 1.82) is 0 Å². The Kier molecular flexibility index (Phi) is 5.18. The van der Waals surface area contributed by atoms with Crippen LogP contribution in [-0.2, 0) is 4.79 Å². The van der Waals surface area contributed by atoms with Crippen molar-refractivity contribution in [2.24, 2.45) is 0 Å². The van der Waals surface area contributed by atoms with E-state index < -0.39 is 11.0 Å². The minimum Gasteiger partial charge on any atom is -0.374 e. The molecule has 0 spiro atoms. The fourth-order valence-electron chi connectivity index (χ4n) is 2.01. The van der Waals surface area contributed by atoms with E-state index in [9.17, 15) is 14.9 Å². The van der Waals surface area contributed by atoms with E-state index in [2.05, 4.69) is 10.6 Å². The molecule has 120 valence electrons. The Bertz CT molecular complexity index is 749. The van der Waals surface area contributed by atoms with Crippen LogP contribution >= 0.6 is 11.6 Å². The van der Waals surface area contributed by atoms with Gasteiger partial charge in [0.15, 0.2) is 0 Å². The second-order valence-electron chi connectivity index (χ2n) is 5.15. The van der Waals surface area contributed by atoms with Crippen molar-refractivity contribution < 1.29 is 9.72 Å². The molecule has 1 unspecified atom stereocenters. The largest absolute Gasteiger partial charge is 0.374 e. The number of non-ortho nitro benzene ring substituents is 1. The van der Waals surface area contributed by atoms with E-state index in [4.69, 9.17) is 11.6 Å². The summed E-state index contributed by atoms with van der Waals surface area (Å²) in [7, 11) is 0. The molecule has 0 saturated carbocycles.